The minimum atomic E-state index is -0.519. The summed E-state index contributed by atoms with van der Waals surface area (Å²) in [7, 11) is 0. The number of hydrogen-bond acceptors (Lipinski definition) is 5. The Morgan fingerprint density at radius 1 is 1.25 bits per heavy atom. The Balaban J connectivity index is 1.38. The lowest BCUT2D eigenvalue weighted by atomic mass is 9.74. The van der Waals surface area contributed by atoms with Crippen LogP contribution < -0.4 is 5.32 Å². The average Bonchev–Trinajstić information content (AvgIpc) is 3.39. The van der Waals surface area contributed by atoms with Crippen LogP contribution in [0.4, 0.5) is 4.39 Å². The van der Waals surface area contributed by atoms with E-state index in [0.717, 1.165) is 30.7 Å². The van der Waals surface area contributed by atoms with Crippen molar-refractivity contribution < 1.29 is 23.5 Å². The maximum atomic E-state index is 13.5. The molecule has 1 aromatic carbocycles. The van der Waals surface area contributed by atoms with Gasteiger partial charge in [0.1, 0.15) is 11.9 Å². The number of nitrogens with one attached hydrogen (secondary N) is 1. The molecular formula is C21H27FN2O4. The molecule has 0 aromatic heterocycles. The van der Waals surface area contributed by atoms with Gasteiger partial charge in [0.05, 0.1) is 17.2 Å². The second kappa shape index (κ2) is 8.57. The van der Waals surface area contributed by atoms with Crippen LogP contribution in [-0.2, 0) is 19.1 Å². The molecule has 4 rings (SSSR count). The van der Waals surface area contributed by atoms with E-state index in [0.29, 0.717) is 45.4 Å². The number of rotatable bonds is 6. The molecule has 152 valence electrons. The van der Waals surface area contributed by atoms with E-state index in [-0.39, 0.29) is 23.9 Å². The van der Waals surface area contributed by atoms with E-state index in [9.17, 15) is 9.18 Å². The van der Waals surface area contributed by atoms with Crippen LogP contribution in [0.1, 0.15) is 44.1 Å². The summed E-state index contributed by atoms with van der Waals surface area (Å²) < 4.78 is 24.6. The number of halogens is 1. The molecule has 2 fully saturated rings. The SMILES string of the molecule is O=C(NC[C@@H]1CCCO1)C1(C[C@H]2CC(c3cccc(F)c3)=NO2)CCOCC1. The first-order valence-electron chi connectivity index (χ1n) is 10.1. The molecule has 7 heteroatoms. The predicted molar refractivity (Wildman–Crippen MR) is 102 cm³/mol. The lowest BCUT2D eigenvalue weighted by Crippen LogP contribution is -2.48. The van der Waals surface area contributed by atoms with Gasteiger partial charge in [0.25, 0.3) is 0 Å². The molecule has 0 radical (unpaired) electrons. The third kappa shape index (κ3) is 4.36. The molecule has 3 aliphatic rings. The van der Waals surface area contributed by atoms with Crippen LogP contribution in [0.15, 0.2) is 29.4 Å². The van der Waals surface area contributed by atoms with Crippen molar-refractivity contribution in [1.82, 2.24) is 5.32 Å². The summed E-state index contributed by atoms with van der Waals surface area (Å²) in [5, 5.41) is 7.26. The zero-order chi connectivity index (χ0) is 19.4. The lowest BCUT2D eigenvalue weighted by molar-refractivity contribution is -0.140. The monoisotopic (exact) mass is 390 g/mol. The summed E-state index contributed by atoms with van der Waals surface area (Å²) in [5.74, 6) is -0.243. The number of carbonyl (C=O) groups excluding carboxylic acids is 1. The molecule has 0 bridgehead atoms. The Hall–Kier alpha value is -1.99. The van der Waals surface area contributed by atoms with Gasteiger partial charge in [-0.15, -0.1) is 0 Å². The highest BCUT2D eigenvalue weighted by Crippen LogP contribution is 2.38. The second-order valence-electron chi connectivity index (χ2n) is 7.92. The number of carbonyl (C=O) groups is 1. The van der Waals surface area contributed by atoms with Crippen LogP contribution in [0.3, 0.4) is 0 Å². The van der Waals surface area contributed by atoms with Gasteiger partial charge in [-0.25, -0.2) is 4.39 Å². The van der Waals surface area contributed by atoms with Gasteiger partial charge in [-0.05, 0) is 37.8 Å². The normalized spacial score (nSPS) is 26.5. The van der Waals surface area contributed by atoms with Crippen molar-refractivity contribution in [1.29, 1.82) is 0 Å². The Kier molecular flexibility index (Phi) is 5.92. The van der Waals surface area contributed by atoms with Gasteiger partial charge in [0.2, 0.25) is 5.91 Å². The Morgan fingerprint density at radius 3 is 2.86 bits per heavy atom. The molecule has 0 saturated carbocycles. The van der Waals surface area contributed by atoms with Crippen LogP contribution in [0.5, 0.6) is 0 Å². The molecule has 3 aliphatic heterocycles. The highest BCUT2D eigenvalue weighted by molar-refractivity contribution is 6.01. The smallest absolute Gasteiger partial charge is 0.226 e. The predicted octanol–water partition coefficient (Wildman–Crippen LogP) is 2.80. The van der Waals surface area contributed by atoms with Crippen molar-refractivity contribution in [2.75, 3.05) is 26.4 Å². The van der Waals surface area contributed by atoms with Gasteiger partial charge in [-0.3, -0.25) is 4.79 Å². The van der Waals surface area contributed by atoms with Crippen LogP contribution in [0, 0.1) is 11.2 Å². The van der Waals surface area contributed by atoms with Crippen molar-refractivity contribution in [3.63, 3.8) is 0 Å². The maximum Gasteiger partial charge on any atom is 0.226 e. The van der Waals surface area contributed by atoms with Gasteiger partial charge in [-0.2, -0.15) is 0 Å². The molecule has 2 saturated heterocycles. The first-order chi connectivity index (χ1) is 13.6. The van der Waals surface area contributed by atoms with E-state index in [1.165, 1.54) is 12.1 Å². The maximum absolute atomic E-state index is 13.5. The van der Waals surface area contributed by atoms with Crippen molar-refractivity contribution in [3.05, 3.63) is 35.6 Å². The van der Waals surface area contributed by atoms with E-state index in [1.807, 2.05) is 6.07 Å². The highest BCUT2D eigenvalue weighted by atomic mass is 19.1. The number of ether oxygens (including phenoxy) is 2. The van der Waals surface area contributed by atoms with Crippen LogP contribution in [0.2, 0.25) is 0 Å². The van der Waals surface area contributed by atoms with Crippen molar-refractivity contribution in [2.45, 2.75) is 50.7 Å². The Labute approximate surface area is 164 Å². The van der Waals surface area contributed by atoms with E-state index in [1.54, 1.807) is 6.07 Å². The Morgan fingerprint density at radius 2 is 2.11 bits per heavy atom. The largest absolute Gasteiger partial charge is 0.392 e. The van der Waals surface area contributed by atoms with E-state index >= 15 is 0 Å². The second-order valence-corrected chi connectivity index (χ2v) is 7.92. The van der Waals surface area contributed by atoms with Gasteiger partial charge in [0.15, 0.2) is 0 Å². The quantitative estimate of drug-likeness (QED) is 0.811. The Bertz CT molecular complexity index is 727. The third-order valence-electron chi connectivity index (χ3n) is 5.96. The molecule has 2 atom stereocenters. The molecule has 0 unspecified atom stereocenters. The number of hydrogen-bond donors (Lipinski definition) is 1. The molecule has 0 spiro atoms. The summed E-state index contributed by atoms with van der Waals surface area (Å²) in [6.45, 7) is 2.46. The van der Waals surface area contributed by atoms with Gasteiger partial charge in [0, 0.05) is 44.8 Å². The summed E-state index contributed by atoms with van der Waals surface area (Å²) in [6.07, 6.45) is 4.46. The topological polar surface area (TPSA) is 69.2 Å². The number of benzene rings is 1. The van der Waals surface area contributed by atoms with E-state index in [2.05, 4.69) is 10.5 Å². The van der Waals surface area contributed by atoms with Crippen molar-refractivity contribution in [2.24, 2.45) is 10.6 Å². The average molecular weight is 390 g/mol. The van der Waals surface area contributed by atoms with Crippen molar-refractivity contribution in [3.8, 4) is 0 Å². The molecule has 6 nitrogen and oxygen atoms in total. The van der Waals surface area contributed by atoms with Crippen LogP contribution in [0.25, 0.3) is 0 Å². The van der Waals surface area contributed by atoms with Gasteiger partial charge in [-0.1, -0.05) is 17.3 Å². The fourth-order valence-electron chi connectivity index (χ4n) is 4.30. The summed E-state index contributed by atoms with van der Waals surface area (Å²) in [4.78, 5) is 18.7. The minimum Gasteiger partial charge on any atom is -0.392 e. The fraction of sp³-hybridized carbons (Fsp3) is 0.619. The lowest BCUT2D eigenvalue weighted by Gasteiger charge is -2.37. The zero-order valence-electron chi connectivity index (χ0n) is 16.0. The number of nitrogens with zero attached hydrogens (tertiary/aromatic N) is 1. The standard InChI is InChI=1S/C21H27FN2O4/c22-16-4-1-3-15(11-16)19-12-18(28-24-19)13-21(6-9-26-10-7-21)20(25)23-14-17-5-2-8-27-17/h1,3-4,11,17-18H,2,5-10,12-14H2,(H,23,25)/t17-,18+/m0/s1. The molecule has 1 N–H and O–H groups in total. The first kappa shape index (κ1) is 19.3. The molecule has 3 heterocycles. The van der Waals surface area contributed by atoms with E-state index < -0.39 is 5.41 Å². The molecule has 28 heavy (non-hydrogen) atoms. The number of oxime groups is 1. The molecular weight excluding hydrogens is 363 g/mol. The minimum absolute atomic E-state index is 0.0501. The summed E-state index contributed by atoms with van der Waals surface area (Å²) in [6, 6.07) is 6.36. The first-order valence-corrected chi connectivity index (χ1v) is 10.1. The molecule has 0 aliphatic carbocycles. The third-order valence-corrected chi connectivity index (χ3v) is 5.96. The van der Waals surface area contributed by atoms with Gasteiger partial charge >= 0.3 is 0 Å². The van der Waals surface area contributed by atoms with Crippen LogP contribution in [-0.4, -0.2) is 50.2 Å². The van der Waals surface area contributed by atoms with Crippen molar-refractivity contribution >= 4 is 11.6 Å². The van der Waals surface area contributed by atoms with E-state index in [4.69, 9.17) is 14.3 Å². The summed E-state index contributed by atoms with van der Waals surface area (Å²) >= 11 is 0. The summed E-state index contributed by atoms with van der Waals surface area (Å²) in [5.41, 5.74) is 0.937. The molecule has 1 amide bonds. The van der Waals surface area contributed by atoms with Crippen LogP contribution >= 0.6 is 0 Å². The fourth-order valence-corrected chi connectivity index (χ4v) is 4.30. The van der Waals surface area contributed by atoms with Gasteiger partial charge < -0.3 is 19.6 Å². The zero-order valence-corrected chi connectivity index (χ0v) is 16.0. The number of amides is 1. The molecule has 1 aromatic rings. The highest BCUT2D eigenvalue weighted by Gasteiger charge is 2.43.